The Morgan fingerprint density at radius 3 is 2.53 bits per heavy atom. The molecule has 0 radical (unpaired) electrons. The Hall–Kier alpha value is -0.170. The molecule has 0 saturated carbocycles. The number of nitrogens with one attached hydrogen (secondary N) is 1. The molecule has 1 N–H and O–H groups in total. The van der Waals surface area contributed by atoms with Crippen LogP contribution in [0.4, 0.5) is 0 Å². The minimum atomic E-state index is -3.07. The van der Waals surface area contributed by atoms with Gasteiger partial charge in [0.2, 0.25) is 10.0 Å². The van der Waals surface area contributed by atoms with Crippen molar-refractivity contribution in [3.05, 3.63) is 0 Å². The van der Waals surface area contributed by atoms with Crippen LogP contribution in [0.5, 0.6) is 0 Å². The number of hydrogen-bond acceptors (Lipinski definition) is 4. The van der Waals surface area contributed by atoms with Crippen molar-refractivity contribution in [2.45, 2.75) is 39.2 Å². The lowest BCUT2D eigenvalue weighted by molar-refractivity contribution is 0.114. The van der Waals surface area contributed by atoms with E-state index in [9.17, 15) is 8.42 Å². The summed E-state index contributed by atoms with van der Waals surface area (Å²) in [6.07, 6.45) is 3.52. The van der Waals surface area contributed by atoms with Crippen LogP contribution in [-0.2, 0) is 14.8 Å². The molecule has 1 fully saturated rings. The standard InChI is InChI=1S/C13H28N2O3S/c1-4-19(16,17)14-11-12(2)15-8-5-13(6-9-15)7-10-18-3/h12-14H,4-11H2,1-3H3. The molecule has 5 nitrogen and oxygen atoms in total. The summed E-state index contributed by atoms with van der Waals surface area (Å²) in [5, 5.41) is 0. The Morgan fingerprint density at radius 2 is 2.00 bits per heavy atom. The van der Waals surface area contributed by atoms with Gasteiger partial charge in [0, 0.05) is 26.3 Å². The van der Waals surface area contributed by atoms with Gasteiger partial charge in [-0.3, -0.25) is 4.90 Å². The fourth-order valence-electron chi connectivity index (χ4n) is 2.45. The van der Waals surface area contributed by atoms with Crippen molar-refractivity contribution in [3.63, 3.8) is 0 Å². The summed E-state index contributed by atoms with van der Waals surface area (Å²) in [6.45, 7) is 7.23. The summed E-state index contributed by atoms with van der Waals surface area (Å²) < 4.78 is 30.6. The quantitative estimate of drug-likeness (QED) is 0.727. The van der Waals surface area contributed by atoms with Gasteiger partial charge in [0.25, 0.3) is 0 Å². The molecule has 0 aromatic carbocycles. The lowest BCUT2D eigenvalue weighted by atomic mass is 9.93. The predicted molar refractivity (Wildman–Crippen MR) is 77.7 cm³/mol. The van der Waals surface area contributed by atoms with E-state index in [1.807, 2.05) is 0 Å². The molecule has 19 heavy (non-hydrogen) atoms. The van der Waals surface area contributed by atoms with Gasteiger partial charge in [0.1, 0.15) is 0 Å². The second kappa shape index (κ2) is 8.19. The maximum absolute atomic E-state index is 11.4. The largest absolute Gasteiger partial charge is 0.385 e. The number of sulfonamides is 1. The highest BCUT2D eigenvalue weighted by Crippen LogP contribution is 2.21. The summed E-state index contributed by atoms with van der Waals surface area (Å²) in [4.78, 5) is 2.38. The summed E-state index contributed by atoms with van der Waals surface area (Å²) in [6, 6.07) is 0.268. The number of rotatable bonds is 8. The molecule has 1 rings (SSSR count). The average molecular weight is 292 g/mol. The van der Waals surface area contributed by atoms with E-state index in [-0.39, 0.29) is 11.8 Å². The van der Waals surface area contributed by atoms with Crippen molar-refractivity contribution in [2.24, 2.45) is 5.92 Å². The van der Waals surface area contributed by atoms with Gasteiger partial charge in [-0.1, -0.05) is 0 Å². The molecule has 1 aliphatic rings. The molecule has 0 aromatic heterocycles. The fraction of sp³-hybridized carbons (Fsp3) is 1.00. The van der Waals surface area contributed by atoms with Gasteiger partial charge < -0.3 is 4.74 Å². The molecule has 1 unspecified atom stereocenters. The van der Waals surface area contributed by atoms with Gasteiger partial charge in [0.15, 0.2) is 0 Å². The SMILES string of the molecule is CCS(=O)(=O)NCC(C)N1CCC(CCOC)CC1. The Morgan fingerprint density at radius 1 is 1.37 bits per heavy atom. The highest BCUT2D eigenvalue weighted by Gasteiger charge is 2.23. The lowest BCUT2D eigenvalue weighted by Gasteiger charge is -2.36. The first-order chi connectivity index (χ1) is 8.98. The second-order valence-electron chi connectivity index (χ2n) is 5.36. The first kappa shape index (κ1) is 16.9. The van der Waals surface area contributed by atoms with E-state index in [1.54, 1.807) is 14.0 Å². The van der Waals surface area contributed by atoms with Crippen LogP contribution in [0.1, 0.15) is 33.1 Å². The normalized spacial score (nSPS) is 20.6. The molecule has 114 valence electrons. The third kappa shape index (κ3) is 6.21. The van der Waals surface area contributed by atoms with E-state index in [4.69, 9.17) is 4.74 Å². The van der Waals surface area contributed by atoms with Gasteiger partial charge in [-0.25, -0.2) is 13.1 Å². The molecule has 1 heterocycles. The van der Waals surface area contributed by atoms with Crippen molar-refractivity contribution in [1.82, 2.24) is 9.62 Å². The van der Waals surface area contributed by atoms with E-state index in [1.165, 1.54) is 12.8 Å². The van der Waals surface area contributed by atoms with Crippen LogP contribution in [0, 0.1) is 5.92 Å². The molecule has 1 atom stereocenters. The van der Waals surface area contributed by atoms with Gasteiger partial charge in [-0.15, -0.1) is 0 Å². The van der Waals surface area contributed by atoms with Crippen LogP contribution in [-0.4, -0.2) is 58.5 Å². The number of piperidine rings is 1. The Labute approximate surface area is 117 Å². The van der Waals surface area contributed by atoms with Crippen LogP contribution in [0.3, 0.4) is 0 Å². The van der Waals surface area contributed by atoms with Crippen LogP contribution in [0.2, 0.25) is 0 Å². The Bertz CT molecular complexity index is 338. The van der Waals surface area contributed by atoms with E-state index in [2.05, 4.69) is 16.5 Å². The molecule has 0 spiro atoms. The first-order valence-corrected chi connectivity index (χ1v) is 8.84. The molecule has 0 bridgehead atoms. The van der Waals surface area contributed by atoms with Crippen molar-refractivity contribution in [2.75, 3.05) is 39.1 Å². The highest BCUT2D eigenvalue weighted by atomic mass is 32.2. The maximum atomic E-state index is 11.4. The molecule has 0 aromatic rings. The smallest absolute Gasteiger partial charge is 0.211 e. The van der Waals surface area contributed by atoms with E-state index >= 15 is 0 Å². The summed E-state index contributed by atoms with van der Waals surface area (Å²) in [7, 11) is -1.32. The fourth-order valence-corrected chi connectivity index (χ4v) is 3.14. The molecule has 1 saturated heterocycles. The van der Waals surface area contributed by atoms with Crippen molar-refractivity contribution >= 4 is 10.0 Å². The zero-order valence-electron chi connectivity index (χ0n) is 12.4. The third-order valence-electron chi connectivity index (χ3n) is 3.98. The molecule has 1 aliphatic heterocycles. The maximum Gasteiger partial charge on any atom is 0.211 e. The molecular formula is C13H28N2O3S. The second-order valence-corrected chi connectivity index (χ2v) is 7.46. The molecule has 0 aliphatic carbocycles. The zero-order chi connectivity index (χ0) is 14.3. The topological polar surface area (TPSA) is 58.6 Å². The monoisotopic (exact) mass is 292 g/mol. The van der Waals surface area contributed by atoms with Crippen LogP contribution >= 0.6 is 0 Å². The average Bonchev–Trinajstić information content (AvgIpc) is 2.43. The molecular weight excluding hydrogens is 264 g/mol. The Balaban J connectivity index is 2.27. The number of hydrogen-bond donors (Lipinski definition) is 1. The Kier molecular flexibility index (Phi) is 7.28. The van der Waals surface area contributed by atoms with Gasteiger partial charge >= 0.3 is 0 Å². The van der Waals surface area contributed by atoms with Crippen molar-refractivity contribution < 1.29 is 13.2 Å². The van der Waals surface area contributed by atoms with Crippen LogP contribution < -0.4 is 4.72 Å². The van der Waals surface area contributed by atoms with Gasteiger partial charge in [-0.05, 0) is 52.1 Å². The van der Waals surface area contributed by atoms with Crippen LogP contribution in [0.15, 0.2) is 0 Å². The lowest BCUT2D eigenvalue weighted by Crippen LogP contribution is -2.46. The zero-order valence-corrected chi connectivity index (χ0v) is 13.2. The van der Waals surface area contributed by atoms with Crippen LogP contribution in [0.25, 0.3) is 0 Å². The summed E-state index contributed by atoms with van der Waals surface area (Å²) in [5.74, 6) is 0.912. The third-order valence-corrected chi connectivity index (χ3v) is 5.35. The van der Waals surface area contributed by atoms with Gasteiger partial charge in [-0.2, -0.15) is 0 Å². The first-order valence-electron chi connectivity index (χ1n) is 7.18. The predicted octanol–water partition coefficient (Wildman–Crippen LogP) is 1.06. The van der Waals surface area contributed by atoms with Gasteiger partial charge in [0.05, 0.1) is 5.75 Å². The highest BCUT2D eigenvalue weighted by molar-refractivity contribution is 7.89. The van der Waals surface area contributed by atoms with Crippen molar-refractivity contribution in [3.8, 4) is 0 Å². The number of methoxy groups -OCH3 is 1. The van der Waals surface area contributed by atoms with E-state index in [0.717, 1.165) is 32.0 Å². The number of nitrogens with zero attached hydrogens (tertiary/aromatic N) is 1. The molecule has 0 amide bonds. The number of ether oxygens (including phenoxy) is 1. The minimum absolute atomic E-state index is 0.152. The minimum Gasteiger partial charge on any atom is -0.385 e. The number of likely N-dealkylation sites (tertiary alicyclic amines) is 1. The van der Waals surface area contributed by atoms with E-state index < -0.39 is 10.0 Å². The summed E-state index contributed by atoms with van der Waals surface area (Å²) in [5.41, 5.74) is 0. The van der Waals surface area contributed by atoms with Crippen molar-refractivity contribution in [1.29, 1.82) is 0 Å². The molecule has 6 heteroatoms. The summed E-state index contributed by atoms with van der Waals surface area (Å²) >= 11 is 0. The van der Waals surface area contributed by atoms with E-state index in [0.29, 0.717) is 6.54 Å².